The Morgan fingerprint density at radius 1 is 1.57 bits per heavy atom. The van der Waals surface area contributed by atoms with Gasteiger partial charge in [0.25, 0.3) is 0 Å². The summed E-state index contributed by atoms with van der Waals surface area (Å²) in [5.41, 5.74) is 0.354. The van der Waals surface area contributed by atoms with Crippen molar-refractivity contribution in [1.82, 2.24) is 5.32 Å². The minimum Gasteiger partial charge on any atom is -0.464 e. The molecule has 0 aromatic rings. The Morgan fingerprint density at radius 2 is 2.36 bits per heavy atom. The maximum Gasteiger partial charge on any atom is 0.332 e. The van der Waals surface area contributed by atoms with Gasteiger partial charge in [0.15, 0.2) is 0 Å². The van der Waals surface area contributed by atoms with Crippen LogP contribution in [0, 0.1) is 5.41 Å². The molecule has 14 heavy (non-hydrogen) atoms. The Kier molecular flexibility index (Phi) is 2.74. The van der Waals surface area contributed by atoms with Gasteiger partial charge in [-0.05, 0) is 19.8 Å². The van der Waals surface area contributed by atoms with Crippen molar-refractivity contribution in [3.05, 3.63) is 0 Å². The maximum atomic E-state index is 11.1. The second kappa shape index (κ2) is 3.87. The average molecular weight is 199 g/mol. The highest BCUT2D eigenvalue weighted by Crippen LogP contribution is 2.51. The number of esters is 1. The van der Waals surface area contributed by atoms with Crippen molar-refractivity contribution in [2.24, 2.45) is 5.41 Å². The molecule has 1 heterocycles. The first-order chi connectivity index (χ1) is 6.77. The van der Waals surface area contributed by atoms with Crippen molar-refractivity contribution >= 4 is 5.97 Å². The summed E-state index contributed by atoms with van der Waals surface area (Å²) >= 11 is 0. The second-order valence-corrected chi connectivity index (χ2v) is 4.10. The number of carbonyl (C=O) groups is 1. The van der Waals surface area contributed by atoms with Crippen LogP contribution in [0.2, 0.25) is 0 Å². The van der Waals surface area contributed by atoms with Crippen molar-refractivity contribution in [2.45, 2.75) is 25.9 Å². The van der Waals surface area contributed by atoms with Crippen LogP contribution in [0.25, 0.3) is 0 Å². The van der Waals surface area contributed by atoms with Gasteiger partial charge in [0.1, 0.15) is 6.61 Å². The van der Waals surface area contributed by atoms with Crippen molar-refractivity contribution in [3.63, 3.8) is 0 Å². The predicted molar refractivity (Wildman–Crippen MR) is 50.9 cm³/mol. The second-order valence-electron chi connectivity index (χ2n) is 4.10. The van der Waals surface area contributed by atoms with Crippen molar-refractivity contribution in [3.8, 4) is 0 Å². The molecule has 1 unspecified atom stereocenters. The molecule has 1 aliphatic heterocycles. The fourth-order valence-corrected chi connectivity index (χ4v) is 2.05. The number of hydrogen-bond acceptors (Lipinski definition) is 4. The first-order valence-corrected chi connectivity index (χ1v) is 5.25. The van der Waals surface area contributed by atoms with Crippen molar-refractivity contribution in [2.75, 3.05) is 26.3 Å². The molecule has 0 bridgehead atoms. The van der Waals surface area contributed by atoms with Crippen LogP contribution in [-0.4, -0.2) is 38.4 Å². The topological polar surface area (TPSA) is 47.6 Å². The molecule has 80 valence electrons. The standard InChI is InChI=1S/C10H17NO3/c1-2-13-9(12)6-14-8-5-11-7-10(8)3-4-10/h8,11H,2-7H2,1H3. The van der Waals surface area contributed by atoms with E-state index in [0.29, 0.717) is 12.0 Å². The first-order valence-electron chi connectivity index (χ1n) is 5.25. The zero-order valence-corrected chi connectivity index (χ0v) is 8.54. The number of nitrogens with one attached hydrogen (secondary N) is 1. The molecular weight excluding hydrogens is 182 g/mol. The normalized spacial score (nSPS) is 27.9. The van der Waals surface area contributed by atoms with Crippen LogP contribution in [-0.2, 0) is 14.3 Å². The Hall–Kier alpha value is -0.610. The highest BCUT2D eigenvalue weighted by Gasteiger charge is 2.53. The van der Waals surface area contributed by atoms with E-state index in [4.69, 9.17) is 9.47 Å². The van der Waals surface area contributed by atoms with Crippen LogP contribution in [0.1, 0.15) is 19.8 Å². The summed E-state index contributed by atoms with van der Waals surface area (Å²) < 4.78 is 10.4. The van der Waals surface area contributed by atoms with Crippen LogP contribution in [0.5, 0.6) is 0 Å². The SMILES string of the molecule is CCOC(=O)COC1CNCC12CC2. The third-order valence-corrected chi connectivity index (χ3v) is 3.09. The maximum absolute atomic E-state index is 11.1. The molecule has 0 radical (unpaired) electrons. The van der Waals surface area contributed by atoms with Gasteiger partial charge in [-0.25, -0.2) is 4.79 Å². The zero-order chi connectivity index (χ0) is 10.0. The highest BCUT2D eigenvalue weighted by molar-refractivity contribution is 5.70. The highest BCUT2D eigenvalue weighted by atomic mass is 16.6. The summed E-state index contributed by atoms with van der Waals surface area (Å²) in [6.45, 7) is 4.25. The Balaban J connectivity index is 1.73. The Labute approximate surface area is 84.0 Å². The zero-order valence-electron chi connectivity index (χ0n) is 8.54. The van der Waals surface area contributed by atoms with Gasteiger partial charge in [0, 0.05) is 18.5 Å². The van der Waals surface area contributed by atoms with E-state index in [9.17, 15) is 4.79 Å². The van der Waals surface area contributed by atoms with E-state index in [1.165, 1.54) is 12.8 Å². The summed E-state index contributed by atoms with van der Waals surface area (Å²) in [4.78, 5) is 11.1. The summed E-state index contributed by atoms with van der Waals surface area (Å²) in [6, 6.07) is 0. The van der Waals surface area contributed by atoms with Crippen molar-refractivity contribution < 1.29 is 14.3 Å². The molecule has 0 aromatic carbocycles. The summed E-state index contributed by atoms with van der Waals surface area (Å²) in [6.07, 6.45) is 2.67. The molecule has 1 saturated carbocycles. The fraction of sp³-hybridized carbons (Fsp3) is 0.900. The van der Waals surface area contributed by atoms with E-state index in [0.717, 1.165) is 13.1 Å². The molecular formula is C10H17NO3. The van der Waals surface area contributed by atoms with Gasteiger partial charge in [0.05, 0.1) is 12.7 Å². The van der Waals surface area contributed by atoms with Crippen LogP contribution < -0.4 is 5.32 Å². The first kappa shape index (κ1) is 9.93. The number of hydrogen-bond donors (Lipinski definition) is 1. The molecule has 2 aliphatic rings. The van der Waals surface area contributed by atoms with E-state index in [2.05, 4.69) is 5.32 Å². The van der Waals surface area contributed by atoms with Gasteiger partial charge in [-0.1, -0.05) is 0 Å². The molecule has 2 rings (SSSR count). The van der Waals surface area contributed by atoms with Crippen LogP contribution >= 0.6 is 0 Å². The average Bonchev–Trinajstić information content (AvgIpc) is 2.79. The third kappa shape index (κ3) is 1.91. The van der Waals surface area contributed by atoms with Gasteiger partial charge in [-0.3, -0.25) is 0 Å². The fourth-order valence-electron chi connectivity index (χ4n) is 2.05. The lowest BCUT2D eigenvalue weighted by atomic mass is 10.0. The minimum atomic E-state index is -0.254. The van der Waals surface area contributed by atoms with Crippen LogP contribution in [0.3, 0.4) is 0 Å². The Bertz CT molecular complexity index is 225. The van der Waals surface area contributed by atoms with Gasteiger partial charge in [0.2, 0.25) is 0 Å². The van der Waals surface area contributed by atoms with Crippen LogP contribution in [0.4, 0.5) is 0 Å². The van der Waals surface area contributed by atoms with E-state index >= 15 is 0 Å². The summed E-state index contributed by atoms with van der Waals surface area (Å²) in [7, 11) is 0. The van der Waals surface area contributed by atoms with E-state index in [1.54, 1.807) is 6.92 Å². The monoisotopic (exact) mass is 199 g/mol. The minimum absolute atomic E-state index is 0.0991. The molecule has 1 atom stereocenters. The van der Waals surface area contributed by atoms with Crippen LogP contribution in [0.15, 0.2) is 0 Å². The Morgan fingerprint density at radius 3 is 3.00 bits per heavy atom. The number of ether oxygens (including phenoxy) is 2. The molecule has 0 aromatic heterocycles. The van der Waals surface area contributed by atoms with Gasteiger partial charge >= 0.3 is 5.97 Å². The van der Waals surface area contributed by atoms with Gasteiger partial charge in [-0.2, -0.15) is 0 Å². The molecule has 1 spiro atoms. The van der Waals surface area contributed by atoms with Gasteiger partial charge < -0.3 is 14.8 Å². The lowest BCUT2D eigenvalue weighted by Crippen LogP contribution is -2.27. The third-order valence-electron chi connectivity index (χ3n) is 3.09. The molecule has 4 nitrogen and oxygen atoms in total. The lowest BCUT2D eigenvalue weighted by molar-refractivity contribution is -0.151. The number of rotatable bonds is 4. The molecule has 4 heteroatoms. The molecule has 1 aliphatic carbocycles. The molecule has 1 saturated heterocycles. The lowest BCUT2D eigenvalue weighted by Gasteiger charge is -2.17. The van der Waals surface area contributed by atoms with E-state index < -0.39 is 0 Å². The van der Waals surface area contributed by atoms with E-state index in [-0.39, 0.29) is 18.7 Å². The largest absolute Gasteiger partial charge is 0.464 e. The molecule has 0 amide bonds. The number of carbonyl (C=O) groups excluding carboxylic acids is 1. The predicted octanol–water partition coefficient (Wildman–Crippen LogP) is 0.318. The van der Waals surface area contributed by atoms with E-state index in [1.807, 2.05) is 0 Å². The smallest absolute Gasteiger partial charge is 0.332 e. The summed E-state index contributed by atoms with van der Waals surface area (Å²) in [5, 5.41) is 3.30. The van der Waals surface area contributed by atoms with Crippen molar-refractivity contribution in [1.29, 1.82) is 0 Å². The quantitative estimate of drug-likeness (QED) is 0.662. The summed E-state index contributed by atoms with van der Waals surface area (Å²) in [5.74, 6) is -0.254. The molecule has 2 fully saturated rings. The van der Waals surface area contributed by atoms with Gasteiger partial charge in [-0.15, -0.1) is 0 Å². The molecule has 1 N–H and O–H groups in total.